The topological polar surface area (TPSA) is 21.3 Å². The quantitative estimate of drug-likeness (QED) is 0.831. The number of rotatable bonds is 3. The first-order valence-corrected chi connectivity index (χ1v) is 5.62. The summed E-state index contributed by atoms with van der Waals surface area (Å²) in [6.07, 6.45) is -4.33. The van der Waals surface area contributed by atoms with Gasteiger partial charge < -0.3 is 4.84 Å². The zero-order chi connectivity index (χ0) is 13.9. The molecule has 0 fully saturated rings. The monoisotopic (exact) mass is 267 g/mol. The van der Waals surface area contributed by atoms with Gasteiger partial charge in [0.05, 0.1) is 11.3 Å². The van der Waals surface area contributed by atoms with E-state index in [1.807, 2.05) is 31.2 Å². The van der Waals surface area contributed by atoms with Crippen molar-refractivity contribution in [1.29, 1.82) is 0 Å². The highest BCUT2D eigenvalue weighted by atomic mass is 19.4. The molecule has 2 nitrogen and oxygen atoms in total. The molecule has 2 rings (SSSR count). The second-order valence-electron chi connectivity index (χ2n) is 4.09. The zero-order valence-corrected chi connectivity index (χ0v) is 10.2. The molecular formula is C14H12F3NO. The van der Waals surface area contributed by atoms with E-state index in [0.29, 0.717) is 5.75 Å². The fraction of sp³-hybridized carbons (Fsp3) is 0.143. The lowest BCUT2D eigenvalue weighted by Crippen LogP contribution is -2.06. The number of nitrogens with one attached hydrogen (secondary N) is 1. The van der Waals surface area contributed by atoms with Crippen molar-refractivity contribution in [3.05, 3.63) is 59.7 Å². The molecule has 0 unspecified atom stereocenters. The minimum atomic E-state index is -4.33. The van der Waals surface area contributed by atoms with E-state index in [0.717, 1.165) is 23.4 Å². The van der Waals surface area contributed by atoms with Crippen LogP contribution in [0.1, 0.15) is 11.1 Å². The maximum absolute atomic E-state index is 12.4. The van der Waals surface area contributed by atoms with Crippen LogP contribution in [-0.2, 0) is 6.18 Å². The molecule has 0 atom stereocenters. The molecule has 0 saturated carbocycles. The second-order valence-corrected chi connectivity index (χ2v) is 4.09. The lowest BCUT2D eigenvalue weighted by Gasteiger charge is -2.10. The molecule has 0 saturated heterocycles. The number of alkyl halides is 3. The number of aryl methyl sites for hydroxylation is 1. The summed E-state index contributed by atoms with van der Waals surface area (Å²) < 4.78 is 37.1. The summed E-state index contributed by atoms with van der Waals surface area (Å²) in [6.45, 7) is 1.96. The number of anilines is 1. The van der Waals surface area contributed by atoms with E-state index in [4.69, 9.17) is 4.84 Å². The van der Waals surface area contributed by atoms with Crippen LogP contribution in [0, 0.1) is 6.92 Å². The van der Waals surface area contributed by atoms with Gasteiger partial charge in [-0.15, -0.1) is 0 Å². The van der Waals surface area contributed by atoms with Gasteiger partial charge in [0.1, 0.15) is 0 Å². The summed E-state index contributed by atoms with van der Waals surface area (Å²) in [5.74, 6) is 0.313. The Morgan fingerprint density at radius 1 is 0.895 bits per heavy atom. The molecule has 0 aliphatic heterocycles. The van der Waals surface area contributed by atoms with Crippen LogP contribution in [-0.4, -0.2) is 0 Å². The third-order valence-electron chi connectivity index (χ3n) is 2.52. The molecule has 19 heavy (non-hydrogen) atoms. The summed E-state index contributed by atoms with van der Waals surface area (Å²) >= 11 is 0. The first-order chi connectivity index (χ1) is 8.95. The van der Waals surface area contributed by atoms with Gasteiger partial charge >= 0.3 is 6.18 Å². The van der Waals surface area contributed by atoms with Crippen molar-refractivity contribution in [1.82, 2.24) is 0 Å². The predicted molar refractivity (Wildman–Crippen MR) is 66.9 cm³/mol. The summed E-state index contributed by atoms with van der Waals surface area (Å²) in [7, 11) is 0. The SMILES string of the molecule is Cc1ccc(NOc2ccc(C(F)(F)F)cc2)cc1. The molecule has 0 aromatic heterocycles. The Bertz CT molecular complexity index is 532. The van der Waals surface area contributed by atoms with Crippen molar-refractivity contribution in [3.8, 4) is 5.75 Å². The highest BCUT2D eigenvalue weighted by Gasteiger charge is 2.30. The standard InChI is InChI=1S/C14H12F3NO/c1-10-2-6-12(7-3-10)18-19-13-8-4-11(5-9-13)14(15,16)17/h2-9,18H,1H3. The van der Waals surface area contributed by atoms with Gasteiger partial charge in [0.15, 0.2) is 5.75 Å². The van der Waals surface area contributed by atoms with Crippen LogP contribution in [0.25, 0.3) is 0 Å². The van der Waals surface area contributed by atoms with Crippen molar-refractivity contribution >= 4 is 5.69 Å². The number of benzene rings is 2. The Hall–Kier alpha value is -2.17. The number of halogens is 3. The first-order valence-electron chi connectivity index (χ1n) is 5.62. The Morgan fingerprint density at radius 3 is 2.00 bits per heavy atom. The third-order valence-corrected chi connectivity index (χ3v) is 2.52. The van der Waals surface area contributed by atoms with Gasteiger partial charge in [-0.05, 0) is 43.3 Å². The van der Waals surface area contributed by atoms with Gasteiger partial charge in [0, 0.05) is 0 Å². The van der Waals surface area contributed by atoms with E-state index in [9.17, 15) is 13.2 Å². The minimum absolute atomic E-state index is 0.313. The van der Waals surface area contributed by atoms with Crippen LogP contribution in [0.15, 0.2) is 48.5 Å². The second kappa shape index (κ2) is 5.22. The Morgan fingerprint density at radius 2 is 1.47 bits per heavy atom. The molecule has 0 bridgehead atoms. The maximum Gasteiger partial charge on any atom is 0.416 e. The van der Waals surface area contributed by atoms with Gasteiger partial charge in [0.2, 0.25) is 0 Å². The van der Waals surface area contributed by atoms with E-state index >= 15 is 0 Å². The molecule has 2 aromatic rings. The molecule has 0 aliphatic carbocycles. The molecule has 0 radical (unpaired) electrons. The Kier molecular flexibility index (Phi) is 3.64. The third kappa shape index (κ3) is 3.64. The Balaban J connectivity index is 1.98. The lowest BCUT2D eigenvalue weighted by atomic mass is 10.2. The predicted octanol–water partition coefficient (Wildman–Crippen LogP) is 4.42. The fourth-order valence-electron chi connectivity index (χ4n) is 1.45. The molecule has 1 N–H and O–H groups in total. The summed E-state index contributed by atoms with van der Waals surface area (Å²) in [5.41, 5.74) is 3.80. The van der Waals surface area contributed by atoms with Crippen LogP contribution >= 0.6 is 0 Å². The molecule has 100 valence electrons. The zero-order valence-electron chi connectivity index (χ0n) is 10.2. The highest BCUT2D eigenvalue weighted by Crippen LogP contribution is 2.30. The first kappa shape index (κ1) is 13.3. The van der Waals surface area contributed by atoms with E-state index in [2.05, 4.69) is 5.48 Å². The molecule has 2 aromatic carbocycles. The van der Waals surface area contributed by atoms with Crippen molar-refractivity contribution in [2.75, 3.05) is 5.48 Å². The molecule has 0 amide bonds. The van der Waals surface area contributed by atoms with Crippen LogP contribution in [0.3, 0.4) is 0 Å². The largest absolute Gasteiger partial charge is 0.416 e. The minimum Gasteiger partial charge on any atom is -0.382 e. The van der Waals surface area contributed by atoms with Gasteiger partial charge in [0.25, 0.3) is 0 Å². The molecule has 5 heteroatoms. The normalized spacial score (nSPS) is 11.2. The number of hydrogen-bond acceptors (Lipinski definition) is 2. The van der Waals surface area contributed by atoms with E-state index in [1.165, 1.54) is 12.1 Å². The number of hydrogen-bond donors (Lipinski definition) is 1. The van der Waals surface area contributed by atoms with Crippen molar-refractivity contribution in [3.63, 3.8) is 0 Å². The fourth-order valence-corrected chi connectivity index (χ4v) is 1.45. The Labute approximate surface area is 108 Å². The van der Waals surface area contributed by atoms with Gasteiger partial charge in [-0.2, -0.15) is 13.2 Å². The van der Waals surface area contributed by atoms with E-state index < -0.39 is 11.7 Å². The molecule has 0 aliphatic rings. The maximum atomic E-state index is 12.4. The summed E-state index contributed by atoms with van der Waals surface area (Å²) in [5, 5.41) is 0. The molecule has 0 spiro atoms. The summed E-state index contributed by atoms with van der Waals surface area (Å²) in [6, 6.07) is 11.9. The van der Waals surface area contributed by atoms with Gasteiger partial charge in [-0.25, -0.2) is 5.48 Å². The smallest absolute Gasteiger partial charge is 0.382 e. The summed E-state index contributed by atoms with van der Waals surface area (Å²) in [4.78, 5) is 5.18. The van der Waals surface area contributed by atoms with Gasteiger partial charge in [-0.3, -0.25) is 0 Å². The van der Waals surface area contributed by atoms with Crippen LogP contribution in [0.5, 0.6) is 5.75 Å². The van der Waals surface area contributed by atoms with Crippen LogP contribution < -0.4 is 10.3 Å². The van der Waals surface area contributed by atoms with E-state index in [-0.39, 0.29) is 0 Å². The molecule has 0 heterocycles. The van der Waals surface area contributed by atoms with Crippen LogP contribution in [0.4, 0.5) is 18.9 Å². The highest BCUT2D eigenvalue weighted by molar-refractivity contribution is 5.43. The average Bonchev–Trinajstić information content (AvgIpc) is 2.37. The van der Waals surface area contributed by atoms with Crippen LogP contribution in [0.2, 0.25) is 0 Å². The average molecular weight is 267 g/mol. The lowest BCUT2D eigenvalue weighted by molar-refractivity contribution is -0.137. The van der Waals surface area contributed by atoms with Crippen molar-refractivity contribution < 1.29 is 18.0 Å². The van der Waals surface area contributed by atoms with Gasteiger partial charge in [-0.1, -0.05) is 17.7 Å². The van der Waals surface area contributed by atoms with E-state index in [1.54, 1.807) is 0 Å². The van der Waals surface area contributed by atoms with Crippen molar-refractivity contribution in [2.24, 2.45) is 0 Å². The molecular weight excluding hydrogens is 255 g/mol. The van der Waals surface area contributed by atoms with Crippen molar-refractivity contribution in [2.45, 2.75) is 13.1 Å².